The highest BCUT2D eigenvalue weighted by atomic mass is 32.2. The standard InChI is InChI=1S/C16H17N3O3S/c1-11(12-6-5-7-13(10-12)23(17,20)21)19(2)16-18-14-8-3-4-9-15(14)22-16/h3-11H,1-2H3,(H2,17,20,21)/t11-/m1/s1. The normalized spacial score (nSPS) is 13.2. The molecule has 1 aromatic heterocycles. The van der Waals surface area contributed by atoms with Crippen LogP contribution in [0, 0.1) is 0 Å². The zero-order valence-corrected chi connectivity index (χ0v) is 13.6. The Bertz CT molecular complexity index is 917. The minimum Gasteiger partial charge on any atom is -0.423 e. The molecule has 0 aliphatic heterocycles. The van der Waals surface area contributed by atoms with E-state index in [1.54, 1.807) is 12.1 Å². The van der Waals surface area contributed by atoms with Crippen LogP contribution in [0.1, 0.15) is 18.5 Å². The van der Waals surface area contributed by atoms with Gasteiger partial charge in [-0.1, -0.05) is 24.3 Å². The van der Waals surface area contributed by atoms with Crippen molar-refractivity contribution in [2.45, 2.75) is 17.9 Å². The molecule has 0 aliphatic carbocycles. The Morgan fingerprint density at radius 1 is 1.17 bits per heavy atom. The molecule has 2 N–H and O–H groups in total. The molecule has 3 aromatic rings. The lowest BCUT2D eigenvalue weighted by Crippen LogP contribution is -2.22. The second kappa shape index (κ2) is 5.68. The average Bonchev–Trinajstić information content (AvgIpc) is 2.97. The molecule has 1 atom stereocenters. The molecule has 0 amide bonds. The third-order valence-electron chi connectivity index (χ3n) is 3.83. The van der Waals surface area contributed by atoms with Crippen molar-refractivity contribution in [2.75, 3.05) is 11.9 Å². The highest BCUT2D eigenvalue weighted by molar-refractivity contribution is 7.89. The molecule has 0 spiro atoms. The van der Waals surface area contributed by atoms with Gasteiger partial charge in [0.15, 0.2) is 5.58 Å². The molecule has 0 fully saturated rings. The van der Waals surface area contributed by atoms with Gasteiger partial charge in [0.2, 0.25) is 10.0 Å². The maximum atomic E-state index is 11.5. The number of para-hydroxylation sites is 2. The van der Waals surface area contributed by atoms with Gasteiger partial charge in [0.25, 0.3) is 6.01 Å². The highest BCUT2D eigenvalue weighted by Gasteiger charge is 2.19. The lowest BCUT2D eigenvalue weighted by molar-refractivity contribution is 0.557. The van der Waals surface area contributed by atoms with Gasteiger partial charge in [-0.15, -0.1) is 0 Å². The van der Waals surface area contributed by atoms with Gasteiger partial charge >= 0.3 is 0 Å². The summed E-state index contributed by atoms with van der Waals surface area (Å²) in [6.07, 6.45) is 0. The minimum atomic E-state index is -3.73. The molecule has 0 unspecified atom stereocenters. The number of nitrogens with two attached hydrogens (primary N) is 1. The lowest BCUT2D eigenvalue weighted by atomic mass is 10.1. The number of nitrogens with zero attached hydrogens (tertiary/aromatic N) is 2. The Balaban J connectivity index is 1.94. The molecule has 0 bridgehead atoms. The number of oxazole rings is 1. The zero-order valence-electron chi connectivity index (χ0n) is 12.8. The van der Waals surface area contributed by atoms with Crippen LogP contribution in [0.15, 0.2) is 57.8 Å². The summed E-state index contributed by atoms with van der Waals surface area (Å²) in [5.41, 5.74) is 2.29. The van der Waals surface area contributed by atoms with Crippen LogP contribution in [-0.4, -0.2) is 20.4 Å². The summed E-state index contributed by atoms with van der Waals surface area (Å²) in [7, 11) is -1.88. The number of benzene rings is 2. The molecule has 6 nitrogen and oxygen atoms in total. The van der Waals surface area contributed by atoms with Crippen LogP contribution >= 0.6 is 0 Å². The van der Waals surface area contributed by atoms with Crippen LogP contribution in [0.2, 0.25) is 0 Å². The van der Waals surface area contributed by atoms with Crippen LogP contribution in [0.5, 0.6) is 0 Å². The van der Waals surface area contributed by atoms with Gasteiger partial charge in [-0.3, -0.25) is 0 Å². The first-order valence-corrected chi connectivity index (χ1v) is 8.62. The summed E-state index contributed by atoms with van der Waals surface area (Å²) in [5, 5.41) is 5.19. The van der Waals surface area contributed by atoms with E-state index in [9.17, 15) is 8.42 Å². The molecule has 0 saturated carbocycles. The van der Waals surface area contributed by atoms with E-state index in [0.29, 0.717) is 11.6 Å². The number of fused-ring (bicyclic) bond motifs is 1. The molecule has 23 heavy (non-hydrogen) atoms. The summed E-state index contributed by atoms with van der Waals surface area (Å²) < 4.78 is 28.7. The Labute approximate surface area is 134 Å². The van der Waals surface area contributed by atoms with Gasteiger partial charge in [0, 0.05) is 7.05 Å². The van der Waals surface area contributed by atoms with E-state index >= 15 is 0 Å². The van der Waals surface area contributed by atoms with E-state index in [0.717, 1.165) is 11.1 Å². The first-order chi connectivity index (χ1) is 10.9. The van der Waals surface area contributed by atoms with Gasteiger partial charge < -0.3 is 9.32 Å². The SMILES string of the molecule is C[C@H](c1cccc(S(N)(=O)=O)c1)N(C)c1nc2ccccc2o1. The summed E-state index contributed by atoms with van der Waals surface area (Å²) in [6.45, 7) is 1.94. The molecule has 120 valence electrons. The van der Waals surface area contributed by atoms with Crippen LogP contribution in [0.4, 0.5) is 6.01 Å². The average molecular weight is 331 g/mol. The van der Waals surface area contributed by atoms with E-state index in [1.807, 2.05) is 49.2 Å². The Morgan fingerprint density at radius 2 is 1.91 bits per heavy atom. The monoisotopic (exact) mass is 331 g/mol. The first-order valence-electron chi connectivity index (χ1n) is 7.07. The quantitative estimate of drug-likeness (QED) is 0.794. The van der Waals surface area contributed by atoms with Gasteiger partial charge in [0.05, 0.1) is 10.9 Å². The number of hydrogen-bond donors (Lipinski definition) is 1. The van der Waals surface area contributed by atoms with E-state index < -0.39 is 10.0 Å². The molecule has 0 saturated heterocycles. The van der Waals surface area contributed by atoms with E-state index in [1.165, 1.54) is 6.07 Å². The molecule has 7 heteroatoms. The summed E-state index contributed by atoms with van der Waals surface area (Å²) in [5.74, 6) is 0. The number of aromatic nitrogens is 1. The fourth-order valence-corrected chi connectivity index (χ4v) is 2.92. The predicted molar refractivity (Wildman–Crippen MR) is 88.6 cm³/mol. The Hall–Kier alpha value is -2.38. The number of sulfonamides is 1. The molecule has 0 aliphatic rings. The Morgan fingerprint density at radius 3 is 2.61 bits per heavy atom. The second-order valence-electron chi connectivity index (χ2n) is 5.37. The summed E-state index contributed by atoms with van der Waals surface area (Å²) >= 11 is 0. The Kier molecular flexibility index (Phi) is 3.83. The van der Waals surface area contributed by atoms with Crippen LogP contribution < -0.4 is 10.0 Å². The topological polar surface area (TPSA) is 89.4 Å². The van der Waals surface area contributed by atoms with Crippen LogP contribution in [0.3, 0.4) is 0 Å². The third-order valence-corrected chi connectivity index (χ3v) is 4.75. The van der Waals surface area contributed by atoms with Crippen molar-refractivity contribution in [3.05, 3.63) is 54.1 Å². The fourth-order valence-electron chi connectivity index (χ4n) is 2.35. The summed E-state index contributed by atoms with van der Waals surface area (Å²) in [4.78, 5) is 6.39. The molecule has 0 radical (unpaired) electrons. The van der Waals surface area contributed by atoms with E-state index in [4.69, 9.17) is 9.56 Å². The minimum absolute atomic E-state index is 0.0906. The zero-order chi connectivity index (χ0) is 16.6. The second-order valence-corrected chi connectivity index (χ2v) is 6.93. The molecular weight excluding hydrogens is 314 g/mol. The maximum Gasteiger partial charge on any atom is 0.298 e. The number of hydrogen-bond acceptors (Lipinski definition) is 5. The van der Waals surface area contributed by atoms with Gasteiger partial charge in [-0.25, -0.2) is 13.6 Å². The number of anilines is 1. The first kappa shape index (κ1) is 15.5. The molecular formula is C16H17N3O3S. The highest BCUT2D eigenvalue weighted by Crippen LogP contribution is 2.28. The number of rotatable bonds is 4. The van der Waals surface area contributed by atoms with E-state index in [-0.39, 0.29) is 10.9 Å². The van der Waals surface area contributed by atoms with Crippen molar-refractivity contribution in [1.82, 2.24) is 4.98 Å². The van der Waals surface area contributed by atoms with Crippen molar-refractivity contribution >= 4 is 27.1 Å². The van der Waals surface area contributed by atoms with Crippen molar-refractivity contribution in [1.29, 1.82) is 0 Å². The largest absolute Gasteiger partial charge is 0.423 e. The van der Waals surface area contributed by atoms with Crippen molar-refractivity contribution in [2.24, 2.45) is 5.14 Å². The number of primary sulfonamides is 1. The van der Waals surface area contributed by atoms with Gasteiger partial charge in [0.1, 0.15) is 5.52 Å². The summed E-state index contributed by atoms with van der Waals surface area (Å²) in [6, 6.07) is 14.4. The fraction of sp³-hybridized carbons (Fsp3) is 0.188. The van der Waals surface area contributed by atoms with Crippen molar-refractivity contribution < 1.29 is 12.8 Å². The van der Waals surface area contributed by atoms with E-state index in [2.05, 4.69) is 4.98 Å². The van der Waals surface area contributed by atoms with Crippen molar-refractivity contribution in [3.8, 4) is 0 Å². The molecule has 2 aromatic carbocycles. The van der Waals surface area contributed by atoms with Gasteiger partial charge in [-0.2, -0.15) is 4.98 Å². The molecule has 1 heterocycles. The molecule has 3 rings (SSSR count). The third kappa shape index (κ3) is 3.06. The maximum absolute atomic E-state index is 11.5. The lowest BCUT2D eigenvalue weighted by Gasteiger charge is -2.23. The van der Waals surface area contributed by atoms with Crippen LogP contribution in [-0.2, 0) is 10.0 Å². The predicted octanol–water partition coefficient (Wildman–Crippen LogP) is 2.67. The smallest absolute Gasteiger partial charge is 0.298 e. The van der Waals surface area contributed by atoms with Crippen molar-refractivity contribution in [3.63, 3.8) is 0 Å². The van der Waals surface area contributed by atoms with Gasteiger partial charge in [-0.05, 0) is 36.8 Å². The van der Waals surface area contributed by atoms with Crippen LogP contribution in [0.25, 0.3) is 11.1 Å².